The highest BCUT2D eigenvalue weighted by Crippen LogP contribution is 2.43. The number of nitrogens with one attached hydrogen (secondary N) is 3. The third-order valence-electron chi connectivity index (χ3n) is 5.51. The van der Waals surface area contributed by atoms with Crippen LogP contribution in [0.25, 0.3) is 16.3 Å². The number of fused-ring (bicyclic) bond motifs is 1. The number of H-pyrrole nitrogens is 2. The van der Waals surface area contributed by atoms with Crippen molar-refractivity contribution in [1.82, 2.24) is 19.7 Å². The van der Waals surface area contributed by atoms with Crippen molar-refractivity contribution in [2.75, 3.05) is 12.4 Å². The molecule has 4 heterocycles. The number of aromatic amines is 2. The van der Waals surface area contributed by atoms with E-state index in [0.717, 1.165) is 10.6 Å². The molecule has 5 rings (SSSR count). The number of allylic oxidation sites excluding steroid dienone is 1. The van der Waals surface area contributed by atoms with Crippen LogP contribution in [0.5, 0.6) is 0 Å². The lowest BCUT2D eigenvalue weighted by molar-refractivity contribution is -0.136. The lowest BCUT2D eigenvalue weighted by atomic mass is 9.82. The molecule has 0 spiro atoms. The number of anilines is 1. The molecule has 1 aliphatic rings. The third kappa shape index (κ3) is 3.62. The normalized spacial score (nSPS) is 15.2. The first kappa shape index (κ1) is 21.1. The zero-order chi connectivity index (χ0) is 23.1. The number of nitrogens with zero attached hydrogens (tertiary/aromatic N) is 2. The maximum absolute atomic E-state index is 13.1. The van der Waals surface area contributed by atoms with E-state index in [-0.39, 0.29) is 10.3 Å². The molecule has 33 heavy (non-hydrogen) atoms. The van der Waals surface area contributed by atoms with Crippen LogP contribution in [-0.4, -0.2) is 32.8 Å². The van der Waals surface area contributed by atoms with E-state index in [1.807, 2.05) is 54.0 Å². The topological polar surface area (TPSA) is 105 Å². The monoisotopic (exact) mass is 477 g/mol. The second kappa shape index (κ2) is 8.30. The number of para-hydroxylation sites is 1. The van der Waals surface area contributed by atoms with Gasteiger partial charge in [0.25, 0.3) is 5.56 Å². The average Bonchev–Trinajstić information content (AvgIpc) is 3.48. The van der Waals surface area contributed by atoms with Crippen LogP contribution in [0.15, 0.2) is 70.1 Å². The van der Waals surface area contributed by atoms with Crippen molar-refractivity contribution < 1.29 is 9.53 Å². The van der Waals surface area contributed by atoms with Crippen LogP contribution < -0.4 is 10.9 Å². The summed E-state index contributed by atoms with van der Waals surface area (Å²) in [5, 5.41) is 9.92. The van der Waals surface area contributed by atoms with E-state index in [1.165, 1.54) is 18.4 Å². The molecule has 0 aliphatic carbocycles. The summed E-state index contributed by atoms with van der Waals surface area (Å²) in [6.07, 6.45) is 1.86. The molecule has 1 aliphatic heterocycles. The maximum Gasteiger partial charge on any atom is 0.336 e. The van der Waals surface area contributed by atoms with Gasteiger partial charge in [0.15, 0.2) is 4.77 Å². The largest absolute Gasteiger partial charge is 0.466 e. The van der Waals surface area contributed by atoms with Crippen LogP contribution in [0.4, 0.5) is 5.82 Å². The Morgan fingerprint density at radius 2 is 1.97 bits per heavy atom. The first-order chi connectivity index (χ1) is 16.0. The minimum absolute atomic E-state index is 0.192. The molecule has 1 unspecified atom stereocenters. The Bertz CT molecular complexity index is 1500. The number of hydrogen-bond acceptors (Lipinski definition) is 7. The van der Waals surface area contributed by atoms with Gasteiger partial charge in [0, 0.05) is 17.5 Å². The summed E-state index contributed by atoms with van der Waals surface area (Å²) < 4.78 is 7.06. The van der Waals surface area contributed by atoms with Gasteiger partial charge in [0.1, 0.15) is 11.5 Å². The van der Waals surface area contributed by atoms with Crippen molar-refractivity contribution in [3.05, 3.63) is 91.6 Å². The fourth-order valence-corrected chi connectivity index (χ4v) is 5.02. The first-order valence-corrected chi connectivity index (χ1v) is 11.4. The Kier molecular flexibility index (Phi) is 5.31. The lowest BCUT2D eigenvalue weighted by Gasteiger charge is -2.28. The molecular weight excluding hydrogens is 458 g/mol. The molecule has 0 amide bonds. The van der Waals surface area contributed by atoms with Gasteiger partial charge in [0.05, 0.1) is 34.7 Å². The van der Waals surface area contributed by atoms with Gasteiger partial charge in [-0.3, -0.25) is 9.78 Å². The minimum atomic E-state index is -0.723. The zero-order valence-electron chi connectivity index (χ0n) is 17.7. The minimum Gasteiger partial charge on any atom is -0.466 e. The van der Waals surface area contributed by atoms with E-state index in [2.05, 4.69) is 15.3 Å². The molecule has 0 saturated carbocycles. The maximum atomic E-state index is 13.1. The molecule has 166 valence electrons. The van der Waals surface area contributed by atoms with Crippen LogP contribution >= 0.6 is 23.6 Å². The highest BCUT2D eigenvalue weighted by atomic mass is 32.1. The molecule has 3 N–H and O–H groups in total. The second-order valence-corrected chi connectivity index (χ2v) is 8.83. The van der Waals surface area contributed by atoms with Crippen molar-refractivity contribution >= 4 is 35.3 Å². The van der Waals surface area contributed by atoms with Crippen LogP contribution in [0.2, 0.25) is 0 Å². The summed E-state index contributed by atoms with van der Waals surface area (Å²) >= 11 is 6.70. The number of benzene rings is 1. The van der Waals surface area contributed by atoms with Crippen LogP contribution in [0.3, 0.4) is 0 Å². The number of rotatable bonds is 4. The summed E-state index contributed by atoms with van der Waals surface area (Å²) in [6, 6.07) is 13.6. The van der Waals surface area contributed by atoms with Gasteiger partial charge >= 0.3 is 5.97 Å². The Balaban J connectivity index is 1.83. The number of methoxy groups -OCH3 is 1. The van der Waals surface area contributed by atoms with E-state index in [4.69, 9.17) is 22.1 Å². The molecule has 0 saturated heterocycles. The van der Waals surface area contributed by atoms with Gasteiger partial charge in [-0.15, -0.1) is 11.3 Å². The van der Waals surface area contributed by atoms with Gasteiger partial charge in [-0.2, -0.15) is 5.10 Å². The smallest absolute Gasteiger partial charge is 0.336 e. The van der Waals surface area contributed by atoms with Gasteiger partial charge in [0.2, 0.25) is 0 Å². The molecule has 0 radical (unpaired) electrons. The quantitative estimate of drug-likeness (QED) is 0.298. The highest BCUT2D eigenvalue weighted by molar-refractivity contribution is 7.71. The molecule has 3 aromatic heterocycles. The summed E-state index contributed by atoms with van der Waals surface area (Å²) in [7, 11) is 1.32. The molecule has 1 aromatic carbocycles. The Morgan fingerprint density at radius 3 is 2.67 bits per heavy atom. The highest BCUT2D eigenvalue weighted by Gasteiger charge is 2.38. The number of esters is 1. The number of aromatic nitrogens is 4. The van der Waals surface area contributed by atoms with Crippen LogP contribution in [-0.2, 0) is 9.53 Å². The molecule has 0 bridgehead atoms. The van der Waals surface area contributed by atoms with E-state index in [0.29, 0.717) is 33.9 Å². The van der Waals surface area contributed by atoms with Crippen molar-refractivity contribution in [2.24, 2.45) is 0 Å². The molecule has 10 heteroatoms. The fourth-order valence-electron chi connectivity index (χ4n) is 4.09. The third-order valence-corrected chi connectivity index (χ3v) is 6.59. The summed E-state index contributed by atoms with van der Waals surface area (Å²) in [6.45, 7) is 1.77. The van der Waals surface area contributed by atoms with Gasteiger partial charge in [-0.25, -0.2) is 9.48 Å². The number of ether oxygens (including phenoxy) is 1. The average molecular weight is 478 g/mol. The predicted octanol–water partition coefficient (Wildman–Crippen LogP) is 4.35. The SMILES string of the molecule is COC(=O)C1=C(C)Nc2[nH]c(=S)[nH]c(=O)c2C1c1cn(-c2ccccc2)nc1-c1cccs1. The summed E-state index contributed by atoms with van der Waals surface area (Å²) in [5.41, 5.74) is 3.12. The summed E-state index contributed by atoms with van der Waals surface area (Å²) in [4.78, 5) is 32.6. The molecule has 0 fully saturated rings. The number of carbonyl (C=O) groups excluding carboxylic acids is 1. The number of thiophene rings is 1. The zero-order valence-corrected chi connectivity index (χ0v) is 19.3. The standard InChI is InChI=1S/C23H19N5O3S2/c1-12-16(22(30)31-2)17(18-20(24-12)25-23(32)26-21(18)29)14-11-28(13-7-4-3-5-8-13)27-19(14)15-9-6-10-33-15/h3-11,17H,1-2H3,(H3,24,25,26,29,32). The molecule has 4 aromatic rings. The van der Waals surface area contributed by atoms with E-state index < -0.39 is 11.9 Å². The van der Waals surface area contributed by atoms with Gasteiger partial charge < -0.3 is 15.0 Å². The summed E-state index contributed by atoms with van der Waals surface area (Å²) in [5.74, 6) is -0.801. The van der Waals surface area contributed by atoms with Crippen LogP contribution in [0, 0.1) is 4.77 Å². The molecule has 1 atom stereocenters. The van der Waals surface area contributed by atoms with E-state index in [9.17, 15) is 9.59 Å². The van der Waals surface area contributed by atoms with Crippen molar-refractivity contribution in [2.45, 2.75) is 12.8 Å². The Labute approximate surface area is 197 Å². The van der Waals surface area contributed by atoms with Crippen molar-refractivity contribution in [3.63, 3.8) is 0 Å². The lowest BCUT2D eigenvalue weighted by Crippen LogP contribution is -2.30. The second-order valence-electron chi connectivity index (χ2n) is 7.48. The predicted molar refractivity (Wildman–Crippen MR) is 129 cm³/mol. The van der Waals surface area contributed by atoms with Crippen LogP contribution in [0.1, 0.15) is 24.0 Å². The van der Waals surface area contributed by atoms with Crippen molar-refractivity contribution in [1.29, 1.82) is 0 Å². The fraction of sp³-hybridized carbons (Fsp3) is 0.130. The van der Waals surface area contributed by atoms with Gasteiger partial charge in [-0.05, 0) is 42.7 Å². The number of carbonyl (C=O) groups is 1. The Hall–Kier alpha value is -3.76. The van der Waals surface area contributed by atoms with E-state index >= 15 is 0 Å². The molecule has 8 nitrogen and oxygen atoms in total. The van der Waals surface area contributed by atoms with Gasteiger partial charge in [-0.1, -0.05) is 24.3 Å². The molecular formula is C23H19N5O3S2. The number of hydrogen-bond donors (Lipinski definition) is 3. The van der Waals surface area contributed by atoms with Crippen molar-refractivity contribution in [3.8, 4) is 16.3 Å². The van der Waals surface area contributed by atoms with E-state index in [1.54, 1.807) is 11.6 Å². The first-order valence-electron chi connectivity index (χ1n) is 10.1. The Morgan fingerprint density at radius 1 is 1.18 bits per heavy atom.